The van der Waals surface area contributed by atoms with E-state index in [1.54, 1.807) is 18.6 Å². The Morgan fingerprint density at radius 3 is 2.74 bits per heavy atom. The lowest BCUT2D eigenvalue weighted by Crippen LogP contribution is -2.39. The minimum absolute atomic E-state index is 0.0887. The third-order valence-corrected chi connectivity index (χ3v) is 5.39. The van der Waals surface area contributed by atoms with Gasteiger partial charge in [-0.05, 0) is 43.5 Å². The molecule has 2 aromatic heterocycles. The van der Waals surface area contributed by atoms with Crippen LogP contribution in [-0.2, 0) is 7.05 Å². The van der Waals surface area contributed by atoms with Crippen LogP contribution in [0.2, 0.25) is 0 Å². The first kappa shape index (κ1) is 17.7. The summed E-state index contributed by atoms with van der Waals surface area (Å²) in [6.07, 6.45) is 5.68. The molecule has 3 aromatic rings. The first-order valence-electron chi connectivity index (χ1n) is 9.53. The van der Waals surface area contributed by atoms with Gasteiger partial charge in [0.1, 0.15) is 5.52 Å². The van der Waals surface area contributed by atoms with Crippen molar-refractivity contribution >= 4 is 17.1 Å². The number of pyridine rings is 1. The zero-order valence-electron chi connectivity index (χ0n) is 15.6. The van der Waals surface area contributed by atoms with Crippen molar-refractivity contribution in [2.45, 2.75) is 18.8 Å². The number of hydrogen-bond donors (Lipinski definition) is 1. The number of carbonyl (C=O) groups is 1. The Morgan fingerprint density at radius 1 is 1.19 bits per heavy atom. The summed E-state index contributed by atoms with van der Waals surface area (Å²) in [4.78, 5) is 23.4. The van der Waals surface area contributed by atoms with Gasteiger partial charge in [-0.1, -0.05) is 30.3 Å². The van der Waals surface area contributed by atoms with Crippen molar-refractivity contribution in [3.8, 4) is 0 Å². The largest absolute Gasteiger partial charge is 0.351 e. The van der Waals surface area contributed by atoms with E-state index in [0.717, 1.165) is 30.8 Å². The van der Waals surface area contributed by atoms with Crippen LogP contribution < -0.4 is 5.32 Å². The highest BCUT2D eigenvalue weighted by molar-refractivity contribution is 5.96. The van der Waals surface area contributed by atoms with Gasteiger partial charge in [-0.2, -0.15) is 0 Å². The number of imidazole rings is 1. The molecule has 1 N–H and O–H groups in total. The lowest BCUT2D eigenvalue weighted by Gasteiger charge is -2.32. The number of rotatable bonds is 5. The Balaban J connectivity index is 1.24. The average Bonchev–Trinajstić information content (AvgIpc) is 3.09. The third-order valence-electron chi connectivity index (χ3n) is 5.39. The molecular weight excluding hydrogens is 338 g/mol. The number of hydrogen-bond acceptors (Lipinski definition) is 4. The number of amides is 1. The summed E-state index contributed by atoms with van der Waals surface area (Å²) in [5.74, 6) is 0.572. The van der Waals surface area contributed by atoms with Crippen molar-refractivity contribution in [2.75, 3.05) is 26.2 Å². The van der Waals surface area contributed by atoms with E-state index in [9.17, 15) is 4.79 Å². The van der Waals surface area contributed by atoms with Crippen molar-refractivity contribution in [1.29, 1.82) is 0 Å². The zero-order chi connectivity index (χ0) is 18.6. The van der Waals surface area contributed by atoms with E-state index in [-0.39, 0.29) is 5.91 Å². The smallest absolute Gasteiger partial charge is 0.252 e. The Kier molecular flexibility index (Phi) is 5.16. The first-order valence-corrected chi connectivity index (χ1v) is 9.53. The van der Waals surface area contributed by atoms with E-state index in [1.807, 2.05) is 11.6 Å². The summed E-state index contributed by atoms with van der Waals surface area (Å²) in [6, 6.07) is 12.6. The van der Waals surface area contributed by atoms with Crippen molar-refractivity contribution < 1.29 is 4.79 Å². The van der Waals surface area contributed by atoms with Crippen molar-refractivity contribution in [1.82, 2.24) is 24.8 Å². The highest BCUT2D eigenvalue weighted by Crippen LogP contribution is 2.27. The van der Waals surface area contributed by atoms with Crippen molar-refractivity contribution in [3.63, 3.8) is 0 Å². The number of likely N-dealkylation sites (tertiary alicyclic amines) is 1. The molecule has 4 rings (SSSR count). The van der Waals surface area contributed by atoms with Gasteiger partial charge in [-0.25, -0.2) is 9.97 Å². The average molecular weight is 363 g/mol. The Labute approximate surface area is 159 Å². The van der Waals surface area contributed by atoms with Gasteiger partial charge in [0.15, 0.2) is 5.65 Å². The monoisotopic (exact) mass is 363 g/mol. The van der Waals surface area contributed by atoms with Crippen LogP contribution in [0.5, 0.6) is 0 Å². The summed E-state index contributed by atoms with van der Waals surface area (Å²) in [5.41, 5.74) is 3.54. The normalized spacial score (nSPS) is 15.9. The van der Waals surface area contributed by atoms with Gasteiger partial charge >= 0.3 is 0 Å². The summed E-state index contributed by atoms with van der Waals surface area (Å²) in [5, 5.41) is 3.01. The molecule has 0 spiro atoms. The SMILES string of the molecule is Cn1cnc2cc(C(=O)NCCN3CCC(c4ccccc4)CC3)cnc21. The molecule has 27 heavy (non-hydrogen) atoms. The lowest BCUT2D eigenvalue weighted by molar-refractivity contribution is 0.0945. The number of fused-ring (bicyclic) bond motifs is 1. The van der Waals surface area contributed by atoms with Gasteiger partial charge in [-0.3, -0.25) is 4.79 Å². The minimum atomic E-state index is -0.0887. The number of piperidine rings is 1. The maximum atomic E-state index is 12.4. The molecule has 0 saturated carbocycles. The first-order chi connectivity index (χ1) is 13.2. The highest BCUT2D eigenvalue weighted by Gasteiger charge is 2.20. The summed E-state index contributed by atoms with van der Waals surface area (Å²) in [7, 11) is 1.89. The maximum absolute atomic E-state index is 12.4. The van der Waals surface area contributed by atoms with E-state index in [2.05, 4.69) is 50.5 Å². The highest BCUT2D eigenvalue weighted by atomic mass is 16.1. The molecule has 0 unspecified atom stereocenters. The number of nitrogens with one attached hydrogen (secondary N) is 1. The van der Waals surface area contributed by atoms with Crippen molar-refractivity contribution in [3.05, 3.63) is 60.0 Å². The number of nitrogens with zero attached hydrogens (tertiary/aromatic N) is 4. The standard InChI is InChI=1S/C21H25N5O/c1-25-15-24-19-13-18(14-23-20(19)25)21(27)22-9-12-26-10-7-17(8-11-26)16-5-3-2-4-6-16/h2-6,13-15,17H,7-12H2,1H3,(H,22,27). The topological polar surface area (TPSA) is 63.1 Å². The van der Waals surface area contributed by atoms with E-state index in [0.29, 0.717) is 18.0 Å². The summed E-state index contributed by atoms with van der Waals surface area (Å²) < 4.78 is 1.84. The Hall–Kier alpha value is -2.73. The molecule has 140 valence electrons. The molecule has 1 aliphatic rings. The quantitative estimate of drug-likeness (QED) is 0.757. The Morgan fingerprint density at radius 2 is 1.96 bits per heavy atom. The maximum Gasteiger partial charge on any atom is 0.252 e. The third kappa shape index (κ3) is 4.01. The van der Waals surface area contributed by atoms with E-state index in [4.69, 9.17) is 0 Å². The van der Waals surface area contributed by atoms with Crippen LogP contribution in [-0.4, -0.2) is 51.5 Å². The molecule has 6 nitrogen and oxygen atoms in total. The number of aromatic nitrogens is 3. The second kappa shape index (κ2) is 7.88. The van der Waals surface area contributed by atoms with Gasteiger partial charge < -0.3 is 14.8 Å². The van der Waals surface area contributed by atoms with Crippen LogP contribution in [0.15, 0.2) is 48.9 Å². The molecular formula is C21H25N5O. The fourth-order valence-corrected chi connectivity index (χ4v) is 3.79. The van der Waals surface area contributed by atoms with Crippen LogP contribution in [0, 0.1) is 0 Å². The van der Waals surface area contributed by atoms with Crippen LogP contribution in [0.3, 0.4) is 0 Å². The van der Waals surface area contributed by atoms with E-state index >= 15 is 0 Å². The molecule has 0 radical (unpaired) electrons. The molecule has 6 heteroatoms. The van der Waals surface area contributed by atoms with Crippen molar-refractivity contribution in [2.24, 2.45) is 7.05 Å². The molecule has 0 atom stereocenters. The summed E-state index contributed by atoms with van der Waals surface area (Å²) >= 11 is 0. The second-order valence-electron chi connectivity index (χ2n) is 7.20. The Bertz CT molecular complexity index is 913. The van der Waals surface area contributed by atoms with E-state index < -0.39 is 0 Å². The van der Waals surface area contributed by atoms with Crippen LogP contribution in [0.25, 0.3) is 11.2 Å². The fraction of sp³-hybridized carbons (Fsp3) is 0.381. The molecule has 1 aliphatic heterocycles. The molecule has 3 heterocycles. The molecule has 1 aromatic carbocycles. The zero-order valence-corrected chi connectivity index (χ0v) is 15.6. The molecule has 0 bridgehead atoms. The van der Waals surface area contributed by atoms with Crippen LogP contribution in [0.1, 0.15) is 34.7 Å². The lowest BCUT2D eigenvalue weighted by atomic mass is 9.89. The van der Waals surface area contributed by atoms with Crippen LogP contribution >= 0.6 is 0 Å². The second-order valence-corrected chi connectivity index (χ2v) is 7.20. The van der Waals surface area contributed by atoms with Gasteiger partial charge in [0.2, 0.25) is 0 Å². The number of aryl methyl sites for hydroxylation is 1. The van der Waals surface area contributed by atoms with Gasteiger partial charge in [-0.15, -0.1) is 0 Å². The summed E-state index contributed by atoms with van der Waals surface area (Å²) in [6.45, 7) is 3.69. The van der Waals surface area contributed by atoms with E-state index in [1.165, 1.54) is 18.4 Å². The molecule has 1 saturated heterocycles. The molecule has 1 fully saturated rings. The minimum Gasteiger partial charge on any atom is -0.351 e. The van der Waals surface area contributed by atoms with Gasteiger partial charge in [0.05, 0.1) is 11.9 Å². The van der Waals surface area contributed by atoms with Gasteiger partial charge in [0.25, 0.3) is 5.91 Å². The molecule has 0 aliphatic carbocycles. The van der Waals surface area contributed by atoms with Crippen LogP contribution in [0.4, 0.5) is 0 Å². The fourth-order valence-electron chi connectivity index (χ4n) is 3.79. The van der Waals surface area contributed by atoms with Gasteiger partial charge in [0, 0.05) is 26.3 Å². The predicted octanol–water partition coefficient (Wildman–Crippen LogP) is 2.58. The number of benzene rings is 1. The number of carbonyl (C=O) groups excluding carboxylic acids is 1. The molecule has 1 amide bonds. The predicted molar refractivity (Wildman–Crippen MR) is 106 cm³/mol.